The molecule has 0 aromatic heterocycles. The molecule has 0 aliphatic heterocycles. The molecular weight excluding hydrogens is 226 g/mol. The van der Waals surface area contributed by atoms with Crippen molar-refractivity contribution in [2.75, 3.05) is 7.11 Å². The van der Waals surface area contributed by atoms with Gasteiger partial charge in [-0.15, -0.1) is 0 Å². The molecule has 2 rings (SSSR count). The summed E-state index contributed by atoms with van der Waals surface area (Å²) in [6.45, 7) is 2.22. The van der Waals surface area contributed by atoms with Crippen molar-refractivity contribution in [1.82, 2.24) is 5.32 Å². The maximum absolute atomic E-state index is 12.1. The number of carbonyl (C=O) groups excluding carboxylic acids is 1. The number of methoxy groups -OCH3 is 1. The molecule has 0 saturated heterocycles. The van der Waals surface area contributed by atoms with E-state index < -0.39 is 0 Å². The van der Waals surface area contributed by atoms with Crippen LogP contribution < -0.4 is 10.1 Å². The first kappa shape index (κ1) is 12.9. The molecule has 1 fully saturated rings. The number of nitrogens with one attached hydrogen (secondary N) is 1. The van der Waals surface area contributed by atoms with Crippen LogP contribution in [0, 0.1) is 5.92 Å². The Kier molecular flexibility index (Phi) is 4.24. The van der Waals surface area contributed by atoms with Crippen LogP contribution in [0.3, 0.4) is 0 Å². The molecule has 1 N–H and O–H groups in total. The van der Waals surface area contributed by atoms with Crippen LogP contribution in [0.25, 0.3) is 0 Å². The van der Waals surface area contributed by atoms with Crippen molar-refractivity contribution >= 4 is 5.91 Å². The second kappa shape index (κ2) is 5.89. The van der Waals surface area contributed by atoms with Crippen molar-refractivity contribution < 1.29 is 9.53 Å². The lowest BCUT2D eigenvalue weighted by atomic mass is 9.86. The van der Waals surface area contributed by atoms with Gasteiger partial charge in [0.1, 0.15) is 5.75 Å². The van der Waals surface area contributed by atoms with Crippen molar-refractivity contribution in [2.24, 2.45) is 5.92 Å². The van der Waals surface area contributed by atoms with Crippen LogP contribution in [-0.4, -0.2) is 19.1 Å². The highest BCUT2D eigenvalue weighted by Gasteiger charge is 2.23. The van der Waals surface area contributed by atoms with Crippen LogP contribution in [0.2, 0.25) is 0 Å². The van der Waals surface area contributed by atoms with E-state index in [1.807, 2.05) is 24.3 Å². The van der Waals surface area contributed by atoms with Crippen LogP contribution in [0.15, 0.2) is 24.3 Å². The lowest BCUT2D eigenvalue weighted by Crippen LogP contribution is -2.41. The van der Waals surface area contributed by atoms with E-state index in [0.29, 0.717) is 17.5 Å². The minimum Gasteiger partial charge on any atom is -0.497 e. The van der Waals surface area contributed by atoms with E-state index >= 15 is 0 Å². The number of carbonyl (C=O) groups is 1. The van der Waals surface area contributed by atoms with Crippen LogP contribution in [0.5, 0.6) is 5.75 Å². The third-order valence-corrected chi connectivity index (χ3v) is 3.78. The van der Waals surface area contributed by atoms with Gasteiger partial charge in [-0.2, -0.15) is 0 Å². The number of ether oxygens (including phenoxy) is 1. The average Bonchev–Trinajstić information content (AvgIpc) is 2.41. The normalized spacial score (nSPS) is 23.4. The standard InChI is InChI=1S/C15H21NO2/c1-11-5-3-4-6-14(11)16-15(17)12-7-9-13(18-2)10-8-12/h7-11,14H,3-6H2,1-2H3,(H,16,17)/t11-,14-/m0/s1. The van der Waals surface area contributed by atoms with Gasteiger partial charge in [0.25, 0.3) is 5.91 Å². The summed E-state index contributed by atoms with van der Waals surface area (Å²) >= 11 is 0. The lowest BCUT2D eigenvalue weighted by Gasteiger charge is -2.29. The summed E-state index contributed by atoms with van der Waals surface area (Å²) in [5.41, 5.74) is 0.702. The van der Waals surface area contributed by atoms with Crippen LogP contribution in [0.1, 0.15) is 43.0 Å². The third kappa shape index (κ3) is 3.03. The number of benzene rings is 1. The first-order valence-corrected chi connectivity index (χ1v) is 6.65. The van der Waals surface area contributed by atoms with E-state index in [1.54, 1.807) is 7.11 Å². The fourth-order valence-electron chi connectivity index (χ4n) is 2.52. The summed E-state index contributed by atoms with van der Waals surface area (Å²) in [6.07, 6.45) is 4.82. The van der Waals surface area contributed by atoms with Gasteiger partial charge in [0.2, 0.25) is 0 Å². The Bertz CT molecular complexity index is 399. The fraction of sp³-hybridized carbons (Fsp3) is 0.533. The molecule has 0 spiro atoms. The quantitative estimate of drug-likeness (QED) is 0.891. The first-order chi connectivity index (χ1) is 8.70. The van der Waals surface area contributed by atoms with Crippen LogP contribution in [-0.2, 0) is 0 Å². The Hall–Kier alpha value is -1.51. The average molecular weight is 247 g/mol. The summed E-state index contributed by atoms with van der Waals surface area (Å²) in [7, 11) is 1.62. The van der Waals surface area contributed by atoms with Gasteiger partial charge in [0.15, 0.2) is 0 Å². The van der Waals surface area contributed by atoms with Crippen LogP contribution in [0.4, 0.5) is 0 Å². The largest absolute Gasteiger partial charge is 0.497 e. The molecule has 1 amide bonds. The minimum atomic E-state index is 0.0244. The van der Waals surface area contributed by atoms with E-state index in [1.165, 1.54) is 19.3 Å². The number of rotatable bonds is 3. The van der Waals surface area contributed by atoms with Crippen molar-refractivity contribution in [3.05, 3.63) is 29.8 Å². The maximum atomic E-state index is 12.1. The molecule has 18 heavy (non-hydrogen) atoms. The summed E-state index contributed by atoms with van der Waals surface area (Å²) < 4.78 is 5.08. The van der Waals surface area contributed by atoms with Crippen molar-refractivity contribution in [3.63, 3.8) is 0 Å². The Morgan fingerprint density at radius 3 is 2.50 bits per heavy atom. The van der Waals surface area contributed by atoms with Gasteiger partial charge in [-0.05, 0) is 43.0 Å². The van der Waals surface area contributed by atoms with Gasteiger partial charge in [-0.1, -0.05) is 19.8 Å². The van der Waals surface area contributed by atoms with E-state index in [0.717, 1.165) is 12.2 Å². The van der Waals surface area contributed by atoms with Gasteiger partial charge < -0.3 is 10.1 Å². The smallest absolute Gasteiger partial charge is 0.251 e. The Labute approximate surface area is 109 Å². The minimum absolute atomic E-state index is 0.0244. The molecule has 2 atom stereocenters. The number of hydrogen-bond acceptors (Lipinski definition) is 2. The fourth-order valence-corrected chi connectivity index (χ4v) is 2.52. The van der Waals surface area contributed by atoms with Gasteiger partial charge >= 0.3 is 0 Å². The highest BCUT2D eigenvalue weighted by Crippen LogP contribution is 2.24. The summed E-state index contributed by atoms with van der Waals surface area (Å²) in [5.74, 6) is 1.38. The molecule has 1 saturated carbocycles. The summed E-state index contributed by atoms with van der Waals surface area (Å²) in [5, 5.41) is 3.14. The van der Waals surface area contributed by atoms with E-state index in [-0.39, 0.29) is 5.91 Å². The SMILES string of the molecule is COc1ccc(C(=O)N[C@H]2CCCC[C@@H]2C)cc1. The van der Waals surface area contributed by atoms with Gasteiger partial charge in [-0.3, -0.25) is 4.79 Å². The van der Waals surface area contributed by atoms with Gasteiger partial charge in [0, 0.05) is 11.6 Å². The maximum Gasteiger partial charge on any atom is 0.251 e. The molecule has 3 heteroatoms. The predicted molar refractivity (Wildman–Crippen MR) is 71.9 cm³/mol. The molecule has 0 heterocycles. The Morgan fingerprint density at radius 2 is 1.89 bits per heavy atom. The molecule has 1 aromatic carbocycles. The highest BCUT2D eigenvalue weighted by atomic mass is 16.5. The zero-order chi connectivity index (χ0) is 13.0. The van der Waals surface area contributed by atoms with Gasteiger partial charge in [-0.25, -0.2) is 0 Å². The molecule has 1 aliphatic carbocycles. The van der Waals surface area contributed by atoms with E-state index in [9.17, 15) is 4.79 Å². The van der Waals surface area contributed by atoms with Crippen molar-refractivity contribution in [3.8, 4) is 5.75 Å². The molecule has 98 valence electrons. The second-order valence-corrected chi connectivity index (χ2v) is 5.07. The number of amides is 1. The zero-order valence-electron chi connectivity index (χ0n) is 11.1. The van der Waals surface area contributed by atoms with E-state index in [2.05, 4.69) is 12.2 Å². The zero-order valence-corrected chi connectivity index (χ0v) is 11.1. The first-order valence-electron chi connectivity index (χ1n) is 6.65. The molecule has 3 nitrogen and oxygen atoms in total. The van der Waals surface area contributed by atoms with Crippen LogP contribution >= 0.6 is 0 Å². The molecule has 0 radical (unpaired) electrons. The molecule has 1 aliphatic rings. The monoisotopic (exact) mass is 247 g/mol. The van der Waals surface area contributed by atoms with Crippen molar-refractivity contribution in [1.29, 1.82) is 0 Å². The molecule has 0 bridgehead atoms. The summed E-state index contributed by atoms with van der Waals surface area (Å²) in [4.78, 5) is 12.1. The van der Waals surface area contributed by atoms with E-state index in [4.69, 9.17) is 4.74 Å². The topological polar surface area (TPSA) is 38.3 Å². The highest BCUT2D eigenvalue weighted by molar-refractivity contribution is 5.94. The predicted octanol–water partition coefficient (Wildman–Crippen LogP) is 3.00. The van der Waals surface area contributed by atoms with Crippen molar-refractivity contribution in [2.45, 2.75) is 38.6 Å². The lowest BCUT2D eigenvalue weighted by molar-refractivity contribution is 0.0910. The molecule has 1 aromatic rings. The third-order valence-electron chi connectivity index (χ3n) is 3.78. The Balaban J connectivity index is 1.97. The second-order valence-electron chi connectivity index (χ2n) is 5.07. The molecular formula is C15H21NO2. The Morgan fingerprint density at radius 1 is 1.22 bits per heavy atom. The molecule has 0 unspecified atom stereocenters. The summed E-state index contributed by atoms with van der Waals surface area (Å²) in [6, 6.07) is 7.58. The number of hydrogen-bond donors (Lipinski definition) is 1. The van der Waals surface area contributed by atoms with Gasteiger partial charge in [0.05, 0.1) is 7.11 Å².